The van der Waals surface area contributed by atoms with Gasteiger partial charge in [0.25, 0.3) is 0 Å². The summed E-state index contributed by atoms with van der Waals surface area (Å²) in [6, 6.07) is 3.93. The van der Waals surface area contributed by atoms with E-state index in [9.17, 15) is 0 Å². The normalized spacial score (nSPS) is 17.1. The fourth-order valence-electron chi connectivity index (χ4n) is 3.00. The number of piperidine rings is 1. The number of halogens is 1. The number of hydrogen-bond donors (Lipinski definition) is 1. The van der Waals surface area contributed by atoms with Gasteiger partial charge in [0.15, 0.2) is 0 Å². The SMILES string of the molecule is CCCNc1ccc(Cl)c(CN2CCC(CCC)CC2)n1. The van der Waals surface area contributed by atoms with Gasteiger partial charge < -0.3 is 5.32 Å². The lowest BCUT2D eigenvalue weighted by molar-refractivity contribution is 0.170. The summed E-state index contributed by atoms with van der Waals surface area (Å²) >= 11 is 6.31. The molecule has 1 aromatic heterocycles. The molecule has 2 rings (SSSR count). The molecule has 0 aliphatic carbocycles. The molecule has 0 unspecified atom stereocenters. The molecule has 0 spiro atoms. The third kappa shape index (κ3) is 5.15. The third-order valence-corrected chi connectivity index (χ3v) is 4.60. The van der Waals surface area contributed by atoms with E-state index in [0.717, 1.165) is 42.0 Å². The van der Waals surface area contributed by atoms with E-state index in [1.165, 1.54) is 38.8 Å². The maximum absolute atomic E-state index is 6.31. The second-order valence-electron chi connectivity index (χ2n) is 6.06. The molecule has 0 atom stereocenters. The molecular formula is C17H28ClN3. The molecule has 0 radical (unpaired) electrons. The van der Waals surface area contributed by atoms with Crippen LogP contribution < -0.4 is 5.32 Å². The minimum Gasteiger partial charge on any atom is -0.370 e. The number of aromatic nitrogens is 1. The summed E-state index contributed by atoms with van der Waals surface area (Å²) in [5.74, 6) is 1.87. The number of likely N-dealkylation sites (tertiary alicyclic amines) is 1. The summed E-state index contributed by atoms with van der Waals surface area (Å²) in [5, 5.41) is 4.12. The number of anilines is 1. The van der Waals surface area contributed by atoms with Gasteiger partial charge in [-0.15, -0.1) is 0 Å². The third-order valence-electron chi connectivity index (χ3n) is 4.25. The minimum absolute atomic E-state index is 0.785. The number of nitrogens with one attached hydrogen (secondary N) is 1. The van der Waals surface area contributed by atoms with Crippen molar-refractivity contribution in [1.82, 2.24) is 9.88 Å². The maximum atomic E-state index is 6.31. The van der Waals surface area contributed by atoms with Crippen LogP contribution in [0, 0.1) is 5.92 Å². The van der Waals surface area contributed by atoms with Gasteiger partial charge >= 0.3 is 0 Å². The van der Waals surface area contributed by atoms with E-state index >= 15 is 0 Å². The molecule has 2 heterocycles. The van der Waals surface area contributed by atoms with Crippen LogP contribution in [0.25, 0.3) is 0 Å². The number of nitrogens with zero attached hydrogens (tertiary/aromatic N) is 2. The molecule has 0 aromatic carbocycles. The van der Waals surface area contributed by atoms with Crippen LogP contribution in [0.3, 0.4) is 0 Å². The van der Waals surface area contributed by atoms with E-state index in [0.29, 0.717) is 0 Å². The Morgan fingerprint density at radius 2 is 2.00 bits per heavy atom. The first-order valence-electron chi connectivity index (χ1n) is 8.34. The second kappa shape index (κ2) is 8.60. The minimum atomic E-state index is 0.785. The molecule has 1 saturated heterocycles. The van der Waals surface area contributed by atoms with E-state index in [-0.39, 0.29) is 0 Å². The van der Waals surface area contributed by atoms with Crippen molar-refractivity contribution in [3.8, 4) is 0 Å². The van der Waals surface area contributed by atoms with Crippen LogP contribution in [0.15, 0.2) is 12.1 Å². The zero-order valence-electron chi connectivity index (χ0n) is 13.4. The van der Waals surface area contributed by atoms with Crippen molar-refractivity contribution in [3.63, 3.8) is 0 Å². The Hall–Kier alpha value is -0.800. The molecular weight excluding hydrogens is 282 g/mol. The maximum Gasteiger partial charge on any atom is 0.126 e. The zero-order chi connectivity index (χ0) is 15.1. The molecule has 118 valence electrons. The number of pyridine rings is 1. The van der Waals surface area contributed by atoms with E-state index in [4.69, 9.17) is 11.6 Å². The predicted octanol–water partition coefficient (Wildman–Crippen LogP) is 4.57. The molecule has 3 nitrogen and oxygen atoms in total. The van der Waals surface area contributed by atoms with Crippen molar-refractivity contribution in [2.24, 2.45) is 5.92 Å². The summed E-state index contributed by atoms with van der Waals surface area (Å²) in [6.07, 6.45) is 6.43. The Bertz CT molecular complexity index is 428. The highest BCUT2D eigenvalue weighted by atomic mass is 35.5. The van der Waals surface area contributed by atoms with Crippen molar-refractivity contribution in [2.75, 3.05) is 25.0 Å². The number of hydrogen-bond acceptors (Lipinski definition) is 3. The quantitative estimate of drug-likeness (QED) is 0.799. The van der Waals surface area contributed by atoms with Crippen molar-refractivity contribution in [2.45, 2.75) is 52.5 Å². The van der Waals surface area contributed by atoms with E-state index in [1.54, 1.807) is 0 Å². The summed E-state index contributed by atoms with van der Waals surface area (Å²) < 4.78 is 0. The molecule has 1 fully saturated rings. The summed E-state index contributed by atoms with van der Waals surface area (Å²) in [7, 11) is 0. The van der Waals surface area contributed by atoms with Gasteiger partial charge in [-0.25, -0.2) is 4.98 Å². The molecule has 21 heavy (non-hydrogen) atoms. The molecule has 1 aliphatic rings. The van der Waals surface area contributed by atoms with Crippen LogP contribution in [0.4, 0.5) is 5.82 Å². The van der Waals surface area contributed by atoms with Crippen LogP contribution in [0.2, 0.25) is 5.02 Å². The van der Waals surface area contributed by atoms with E-state index < -0.39 is 0 Å². The van der Waals surface area contributed by atoms with Crippen LogP contribution in [0.1, 0.15) is 51.6 Å². The van der Waals surface area contributed by atoms with Gasteiger partial charge in [0.1, 0.15) is 5.82 Å². The van der Waals surface area contributed by atoms with Crippen molar-refractivity contribution in [1.29, 1.82) is 0 Å². The lowest BCUT2D eigenvalue weighted by Crippen LogP contribution is -2.33. The summed E-state index contributed by atoms with van der Waals surface area (Å²) in [4.78, 5) is 7.16. The fourth-order valence-corrected chi connectivity index (χ4v) is 3.17. The van der Waals surface area contributed by atoms with Crippen molar-refractivity contribution in [3.05, 3.63) is 22.8 Å². The smallest absolute Gasteiger partial charge is 0.126 e. The Labute approximate surface area is 134 Å². The van der Waals surface area contributed by atoms with Gasteiger partial charge in [-0.2, -0.15) is 0 Å². The topological polar surface area (TPSA) is 28.2 Å². The van der Waals surface area contributed by atoms with Gasteiger partial charge in [0.2, 0.25) is 0 Å². The molecule has 0 bridgehead atoms. The molecule has 0 amide bonds. The Kier molecular flexibility index (Phi) is 6.78. The van der Waals surface area contributed by atoms with Crippen LogP contribution in [-0.2, 0) is 6.54 Å². The van der Waals surface area contributed by atoms with Crippen molar-refractivity contribution < 1.29 is 0 Å². The standard InChI is InChI=1S/C17H28ClN3/c1-3-5-14-8-11-21(12-9-14)13-16-15(18)6-7-17(20-16)19-10-4-2/h6-7,14H,3-5,8-13H2,1-2H3,(H,19,20). The molecule has 4 heteroatoms. The van der Waals surface area contributed by atoms with E-state index in [1.807, 2.05) is 12.1 Å². The first-order valence-corrected chi connectivity index (χ1v) is 8.72. The largest absolute Gasteiger partial charge is 0.370 e. The lowest BCUT2D eigenvalue weighted by atomic mass is 9.92. The van der Waals surface area contributed by atoms with E-state index in [2.05, 4.69) is 29.0 Å². The second-order valence-corrected chi connectivity index (χ2v) is 6.47. The van der Waals surface area contributed by atoms with Gasteiger partial charge in [0.05, 0.1) is 10.7 Å². The molecule has 1 aliphatic heterocycles. The first-order chi connectivity index (χ1) is 10.2. The van der Waals surface area contributed by atoms with Crippen LogP contribution >= 0.6 is 11.6 Å². The van der Waals surface area contributed by atoms with Gasteiger partial charge in [0, 0.05) is 13.1 Å². The Morgan fingerprint density at radius 3 is 2.67 bits per heavy atom. The average Bonchev–Trinajstić information content (AvgIpc) is 2.50. The highest BCUT2D eigenvalue weighted by molar-refractivity contribution is 6.31. The van der Waals surface area contributed by atoms with Gasteiger partial charge in [-0.1, -0.05) is 38.3 Å². The Morgan fingerprint density at radius 1 is 1.24 bits per heavy atom. The fraction of sp³-hybridized carbons (Fsp3) is 0.706. The highest BCUT2D eigenvalue weighted by Crippen LogP contribution is 2.24. The molecule has 1 aromatic rings. The lowest BCUT2D eigenvalue weighted by Gasteiger charge is -2.31. The van der Waals surface area contributed by atoms with Crippen LogP contribution in [-0.4, -0.2) is 29.5 Å². The molecule has 0 saturated carbocycles. The van der Waals surface area contributed by atoms with Gasteiger partial charge in [-0.05, 0) is 50.4 Å². The summed E-state index contributed by atoms with van der Waals surface area (Å²) in [6.45, 7) is 8.62. The van der Waals surface area contributed by atoms with Crippen molar-refractivity contribution >= 4 is 17.4 Å². The average molecular weight is 310 g/mol. The summed E-state index contributed by atoms with van der Waals surface area (Å²) in [5.41, 5.74) is 1.01. The monoisotopic (exact) mass is 309 g/mol. The zero-order valence-corrected chi connectivity index (χ0v) is 14.1. The molecule has 1 N–H and O–H groups in total. The highest BCUT2D eigenvalue weighted by Gasteiger charge is 2.19. The van der Waals surface area contributed by atoms with Crippen LogP contribution in [0.5, 0.6) is 0 Å². The number of rotatable bonds is 7. The van der Waals surface area contributed by atoms with Gasteiger partial charge in [-0.3, -0.25) is 4.90 Å². The predicted molar refractivity (Wildman–Crippen MR) is 90.9 cm³/mol. The Balaban J connectivity index is 1.90. The first kappa shape index (κ1) is 16.6.